The van der Waals surface area contributed by atoms with Crippen LogP contribution in [-0.2, 0) is 6.18 Å². The minimum Gasteiger partial charge on any atom is -0.362 e. The Morgan fingerprint density at radius 3 is 2.14 bits per heavy atom. The summed E-state index contributed by atoms with van der Waals surface area (Å²) in [5, 5.41) is 3.03. The predicted octanol–water partition coefficient (Wildman–Crippen LogP) is 5.05. The van der Waals surface area contributed by atoms with Gasteiger partial charge in [-0.2, -0.15) is 13.2 Å². The van der Waals surface area contributed by atoms with Gasteiger partial charge in [-0.1, -0.05) is 42.5 Å². The maximum Gasteiger partial charge on any atom is 0.416 e. The average molecular weight is 307 g/mol. The fourth-order valence-corrected chi connectivity index (χ4v) is 1.87. The summed E-state index contributed by atoms with van der Waals surface area (Å²) in [6, 6.07) is 14.3. The van der Waals surface area contributed by atoms with Crippen LogP contribution in [0.3, 0.4) is 0 Å². The molecule has 1 nitrogen and oxygen atoms in total. The van der Waals surface area contributed by atoms with Crippen molar-refractivity contribution < 1.29 is 13.2 Å². The Bertz CT molecular complexity index is 631. The summed E-state index contributed by atoms with van der Waals surface area (Å²) < 4.78 is 37.4. The quantitative estimate of drug-likeness (QED) is 0.482. The monoisotopic (exact) mass is 307 g/mol. The third kappa shape index (κ3) is 4.43. The third-order valence-corrected chi connectivity index (χ3v) is 3.13. The smallest absolute Gasteiger partial charge is 0.362 e. The number of allylic oxidation sites excluding steroid dienone is 1. The Morgan fingerprint density at radius 1 is 0.952 bits per heavy atom. The van der Waals surface area contributed by atoms with Crippen LogP contribution in [0.1, 0.15) is 11.1 Å². The van der Waals surface area contributed by atoms with Crippen LogP contribution in [-0.4, -0.2) is 4.86 Å². The van der Waals surface area contributed by atoms with E-state index < -0.39 is 11.7 Å². The van der Waals surface area contributed by atoms with Crippen LogP contribution in [0.15, 0.2) is 66.9 Å². The summed E-state index contributed by atoms with van der Waals surface area (Å²) in [5.74, 6) is 0. The van der Waals surface area contributed by atoms with Crippen molar-refractivity contribution in [2.45, 2.75) is 6.18 Å². The van der Waals surface area contributed by atoms with Gasteiger partial charge in [0, 0.05) is 16.8 Å². The highest BCUT2D eigenvalue weighted by Gasteiger charge is 2.29. The van der Waals surface area contributed by atoms with Gasteiger partial charge in [0.2, 0.25) is 0 Å². The molecular formula is C16H12F3NS. The van der Waals surface area contributed by atoms with Crippen molar-refractivity contribution in [1.82, 2.24) is 0 Å². The largest absolute Gasteiger partial charge is 0.416 e. The van der Waals surface area contributed by atoms with E-state index in [1.165, 1.54) is 12.1 Å². The second-order valence-electron chi connectivity index (χ2n) is 4.28. The number of para-hydroxylation sites is 1. The van der Waals surface area contributed by atoms with Crippen LogP contribution < -0.4 is 5.32 Å². The van der Waals surface area contributed by atoms with Crippen molar-refractivity contribution in [3.05, 3.63) is 78.0 Å². The fraction of sp³-hybridized carbons (Fsp3) is 0.0625. The van der Waals surface area contributed by atoms with E-state index in [-0.39, 0.29) is 0 Å². The highest BCUT2D eigenvalue weighted by molar-refractivity contribution is 7.81. The Balaban J connectivity index is 2.00. The molecule has 108 valence electrons. The van der Waals surface area contributed by atoms with Crippen molar-refractivity contribution in [3.8, 4) is 0 Å². The summed E-state index contributed by atoms with van der Waals surface area (Å²) in [7, 11) is 0. The minimum absolute atomic E-state index is 0.465. The van der Waals surface area contributed by atoms with E-state index in [0.717, 1.165) is 17.8 Å². The number of benzene rings is 2. The fourth-order valence-electron chi connectivity index (χ4n) is 1.67. The Hall–Kier alpha value is -2.14. The normalized spacial score (nSPS) is 11.6. The molecule has 0 bridgehead atoms. The summed E-state index contributed by atoms with van der Waals surface area (Å²) in [6.45, 7) is 0. The van der Waals surface area contributed by atoms with Crippen molar-refractivity contribution in [2.75, 3.05) is 5.32 Å². The van der Waals surface area contributed by atoms with E-state index in [0.29, 0.717) is 10.4 Å². The van der Waals surface area contributed by atoms with Gasteiger partial charge >= 0.3 is 6.18 Å². The second-order valence-corrected chi connectivity index (χ2v) is 4.72. The summed E-state index contributed by atoms with van der Waals surface area (Å²) >= 11 is 5.16. The molecule has 2 aromatic carbocycles. The molecule has 0 unspecified atom stereocenters. The zero-order valence-electron chi connectivity index (χ0n) is 10.9. The molecule has 1 N–H and O–H groups in total. The lowest BCUT2D eigenvalue weighted by atomic mass is 10.1. The lowest BCUT2D eigenvalue weighted by Crippen LogP contribution is -2.05. The van der Waals surface area contributed by atoms with Crippen molar-refractivity contribution in [2.24, 2.45) is 0 Å². The van der Waals surface area contributed by atoms with Gasteiger partial charge in [0.1, 0.15) is 0 Å². The van der Waals surface area contributed by atoms with Gasteiger partial charge < -0.3 is 5.32 Å². The van der Waals surface area contributed by atoms with Crippen LogP contribution in [0.2, 0.25) is 0 Å². The van der Waals surface area contributed by atoms with Crippen molar-refractivity contribution >= 4 is 22.8 Å². The number of hydrogen-bond acceptors (Lipinski definition) is 2. The molecule has 0 fully saturated rings. The zero-order chi connectivity index (χ0) is 15.3. The van der Waals surface area contributed by atoms with Gasteiger partial charge in [-0.05, 0) is 35.9 Å². The molecule has 0 aliphatic carbocycles. The van der Waals surface area contributed by atoms with Crippen LogP contribution in [0.5, 0.6) is 0 Å². The highest BCUT2D eigenvalue weighted by Crippen LogP contribution is 2.29. The molecule has 5 heteroatoms. The topological polar surface area (TPSA) is 12.0 Å². The van der Waals surface area contributed by atoms with Crippen LogP contribution in [0.4, 0.5) is 18.9 Å². The molecule has 0 amide bonds. The molecule has 0 saturated heterocycles. The standard InChI is InChI=1S/C16H12F3NS/c17-16(18,19)13-8-6-12(7-9-13)15(21)10-11-20-14-4-2-1-3-5-14/h1-11,20H/b11-10-. The molecule has 2 aromatic rings. The Labute approximate surface area is 126 Å². The first-order chi connectivity index (χ1) is 9.97. The number of hydrogen-bond donors (Lipinski definition) is 1. The van der Waals surface area contributed by atoms with Gasteiger partial charge in [0.25, 0.3) is 0 Å². The Morgan fingerprint density at radius 2 is 1.57 bits per heavy atom. The van der Waals surface area contributed by atoms with Crippen molar-refractivity contribution in [3.63, 3.8) is 0 Å². The van der Waals surface area contributed by atoms with Crippen LogP contribution in [0, 0.1) is 0 Å². The molecule has 0 aromatic heterocycles. The van der Waals surface area contributed by atoms with E-state index in [9.17, 15) is 13.2 Å². The average Bonchev–Trinajstić information content (AvgIpc) is 2.47. The lowest BCUT2D eigenvalue weighted by Gasteiger charge is -2.07. The molecule has 21 heavy (non-hydrogen) atoms. The SMILES string of the molecule is FC(F)(F)c1ccc(C(=S)/C=C\Nc2ccccc2)cc1. The van der Waals surface area contributed by atoms with Gasteiger partial charge in [0.05, 0.1) is 5.56 Å². The first-order valence-corrected chi connectivity index (χ1v) is 6.57. The third-order valence-electron chi connectivity index (χ3n) is 2.76. The molecule has 0 aliphatic heterocycles. The molecule has 0 radical (unpaired) electrons. The van der Waals surface area contributed by atoms with E-state index >= 15 is 0 Å². The number of alkyl halides is 3. The van der Waals surface area contributed by atoms with Gasteiger partial charge in [0.15, 0.2) is 0 Å². The molecule has 0 saturated carbocycles. The van der Waals surface area contributed by atoms with Crippen LogP contribution in [0.25, 0.3) is 0 Å². The number of halogens is 3. The summed E-state index contributed by atoms with van der Waals surface area (Å²) in [5.41, 5.74) is 0.800. The van der Waals surface area contributed by atoms with Crippen molar-refractivity contribution in [1.29, 1.82) is 0 Å². The summed E-state index contributed by atoms with van der Waals surface area (Å²) in [4.78, 5) is 0.465. The maximum absolute atomic E-state index is 12.5. The lowest BCUT2D eigenvalue weighted by molar-refractivity contribution is -0.137. The van der Waals surface area contributed by atoms with E-state index in [2.05, 4.69) is 5.32 Å². The Kier molecular flexibility index (Phi) is 4.75. The van der Waals surface area contributed by atoms with Gasteiger partial charge in [-0.3, -0.25) is 0 Å². The molecule has 0 aliphatic rings. The molecular weight excluding hydrogens is 295 g/mol. The van der Waals surface area contributed by atoms with E-state index in [1.807, 2.05) is 30.3 Å². The number of rotatable bonds is 4. The molecule has 2 rings (SSSR count). The highest BCUT2D eigenvalue weighted by atomic mass is 32.1. The number of nitrogens with one attached hydrogen (secondary N) is 1. The molecule has 0 atom stereocenters. The van der Waals surface area contributed by atoms with E-state index in [1.54, 1.807) is 12.3 Å². The number of thiocarbonyl (C=S) groups is 1. The zero-order valence-corrected chi connectivity index (χ0v) is 11.7. The van der Waals surface area contributed by atoms with Crippen LogP contribution >= 0.6 is 12.2 Å². The number of anilines is 1. The second kappa shape index (κ2) is 6.54. The predicted molar refractivity (Wildman–Crippen MR) is 82.3 cm³/mol. The molecule has 0 heterocycles. The maximum atomic E-state index is 12.5. The van der Waals surface area contributed by atoms with Gasteiger partial charge in [-0.25, -0.2) is 0 Å². The minimum atomic E-state index is -4.33. The summed E-state index contributed by atoms with van der Waals surface area (Å²) in [6.07, 6.45) is -1.02. The first kappa shape index (κ1) is 15.3. The first-order valence-electron chi connectivity index (χ1n) is 6.16. The van der Waals surface area contributed by atoms with E-state index in [4.69, 9.17) is 12.2 Å². The molecule has 0 spiro atoms. The van der Waals surface area contributed by atoms with Gasteiger partial charge in [-0.15, -0.1) is 0 Å².